The van der Waals surface area contributed by atoms with Crippen molar-refractivity contribution in [3.63, 3.8) is 0 Å². The molecular formula is C16H28N2O3. The van der Waals surface area contributed by atoms with Crippen LogP contribution in [-0.4, -0.2) is 60.5 Å². The Bertz CT molecular complexity index is 367. The van der Waals surface area contributed by atoms with Crippen molar-refractivity contribution in [1.82, 2.24) is 9.80 Å². The van der Waals surface area contributed by atoms with E-state index in [9.17, 15) is 9.59 Å². The first kappa shape index (κ1) is 16.3. The number of nitrogens with zero attached hydrogens (tertiary/aromatic N) is 2. The third kappa shape index (κ3) is 4.43. The van der Waals surface area contributed by atoms with Gasteiger partial charge in [-0.1, -0.05) is 12.8 Å². The van der Waals surface area contributed by atoms with Crippen molar-refractivity contribution >= 4 is 11.9 Å². The van der Waals surface area contributed by atoms with Crippen molar-refractivity contribution in [2.24, 2.45) is 0 Å². The van der Waals surface area contributed by atoms with E-state index < -0.39 is 0 Å². The van der Waals surface area contributed by atoms with Crippen LogP contribution in [0.5, 0.6) is 0 Å². The van der Waals surface area contributed by atoms with Gasteiger partial charge in [0.2, 0.25) is 5.91 Å². The van der Waals surface area contributed by atoms with Gasteiger partial charge in [-0.25, -0.2) is 0 Å². The summed E-state index contributed by atoms with van der Waals surface area (Å²) in [7, 11) is 1.41. The van der Waals surface area contributed by atoms with Gasteiger partial charge in [-0.2, -0.15) is 0 Å². The summed E-state index contributed by atoms with van der Waals surface area (Å²) in [6, 6.07) is 0.683. The second-order valence-electron chi connectivity index (χ2n) is 6.35. The van der Waals surface area contributed by atoms with Crippen molar-refractivity contribution in [1.29, 1.82) is 0 Å². The molecular weight excluding hydrogens is 268 g/mol. The lowest BCUT2D eigenvalue weighted by atomic mass is 10.0. The van der Waals surface area contributed by atoms with Gasteiger partial charge in [-0.05, 0) is 39.0 Å². The maximum absolute atomic E-state index is 12.6. The second kappa shape index (κ2) is 7.78. The zero-order valence-electron chi connectivity index (χ0n) is 13.3. The highest BCUT2D eigenvalue weighted by molar-refractivity contribution is 5.80. The average molecular weight is 296 g/mol. The molecule has 0 spiro atoms. The molecule has 1 aliphatic carbocycles. The molecule has 1 unspecified atom stereocenters. The predicted molar refractivity (Wildman–Crippen MR) is 80.9 cm³/mol. The Labute approximate surface area is 127 Å². The standard InChI is InChI=1S/C16H28N2O3/c1-13-7-5-6-10-18(13)15(19)11-17(12-16(20)21-2)14-8-3-4-9-14/h13-14H,3-12H2,1-2H3. The van der Waals surface area contributed by atoms with E-state index >= 15 is 0 Å². The van der Waals surface area contributed by atoms with Gasteiger partial charge < -0.3 is 9.64 Å². The number of rotatable bonds is 5. The number of carbonyl (C=O) groups excluding carboxylic acids is 2. The van der Waals surface area contributed by atoms with Gasteiger partial charge in [0, 0.05) is 18.6 Å². The Kier molecular flexibility index (Phi) is 6.03. The number of amides is 1. The SMILES string of the molecule is COC(=O)CN(CC(=O)N1CCCCC1C)C1CCCC1. The minimum Gasteiger partial charge on any atom is -0.468 e. The molecule has 5 nitrogen and oxygen atoms in total. The van der Waals surface area contributed by atoms with E-state index in [0.717, 1.165) is 32.2 Å². The molecule has 0 aromatic rings. The Balaban J connectivity index is 1.95. The van der Waals surface area contributed by atoms with Crippen LogP contribution in [0.4, 0.5) is 0 Å². The van der Waals surface area contributed by atoms with Crippen molar-refractivity contribution in [3.8, 4) is 0 Å². The predicted octanol–water partition coefficient (Wildman–Crippen LogP) is 1.80. The number of hydrogen-bond donors (Lipinski definition) is 0. The van der Waals surface area contributed by atoms with Crippen LogP contribution in [0.2, 0.25) is 0 Å². The number of hydrogen-bond acceptors (Lipinski definition) is 4. The number of ether oxygens (including phenoxy) is 1. The van der Waals surface area contributed by atoms with Gasteiger partial charge in [-0.3, -0.25) is 14.5 Å². The molecule has 5 heteroatoms. The van der Waals surface area contributed by atoms with Crippen molar-refractivity contribution in [2.45, 2.75) is 64.0 Å². The van der Waals surface area contributed by atoms with Crippen LogP contribution in [0.15, 0.2) is 0 Å². The van der Waals surface area contributed by atoms with E-state index in [1.165, 1.54) is 26.4 Å². The summed E-state index contributed by atoms with van der Waals surface area (Å²) in [6.45, 7) is 3.56. The minimum atomic E-state index is -0.249. The monoisotopic (exact) mass is 296 g/mol. The first-order valence-corrected chi connectivity index (χ1v) is 8.22. The molecule has 0 aromatic carbocycles. The highest BCUT2D eigenvalue weighted by Crippen LogP contribution is 2.24. The molecule has 1 amide bonds. The van der Waals surface area contributed by atoms with Gasteiger partial charge in [0.15, 0.2) is 0 Å². The number of piperidine rings is 1. The fourth-order valence-electron chi connectivity index (χ4n) is 3.55. The summed E-state index contributed by atoms with van der Waals surface area (Å²) < 4.78 is 4.78. The lowest BCUT2D eigenvalue weighted by molar-refractivity contribution is -0.144. The largest absolute Gasteiger partial charge is 0.468 e. The number of carbonyl (C=O) groups is 2. The van der Waals surface area contributed by atoms with Crippen LogP contribution >= 0.6 is 0 Å². The smallest absolute Gasteiger partial charge is 0.319 e. The van der Waals surface area contributed by atoms with Crippen molar-refractivity contribution < 1.29 is 14.3 Å². The number of likely N-dealkylation sites (tertiary alicyclic amines) is 1. The fourth-order valence-corrected chi connectivity index (χ4v) is 3.55. The van der Waals surface area contributed by atoms with Crippen LogP contribution in [0.25, 0.3) is 0 Å². The van der Waals surface area contributed by atoms with Crippen LogP contribution in [0, 0.1) is 0 Å². The molecule has 1 heterocycles. The molecule has 1 saturated heterocycles. The summed E-state index contributed by atoms with van der Waals surface area (Å²) in [6.07, 6.45) is 7.94. The third-order valence-electron chi connectivity index (χ3n) is 4.86. The van der Waals surface area contributed by atoms with Gasteiger partial charge >= 0.3 is 5.97 Å². The van der Waals surface area contributed by atoms with Crippen molar-refractivity contribution in [2.75, 3.05) is 26.7 Å². The van der Waals surface area contributed by atoms with Crippen LogP contribution in [0.1, 0.15) is 51.9 Å². The lowest BCUT2D eigenvalue weighted by Crippen LogP contribution is -2.49. The first-order chi connectivity index (χ1) is 10.1. The molecule has 0 bridgehead atoms. The maximum atomic E-state index is 12.6. The minimum absolute atomic E-state index is 0.165. The summed E-state index contributed by atoms with van der Waals surface area (Å²) in [5, 5.41) is 0. The lowest BCUT2D eigenvalue weighted by Gasteiger charge is -2.36. The van der Waals surface area contributed by atoms with Gasteiger partial charge in [-0.15, -0.1) is 0 Å². The molecule has 1 saturated carbocycles. The first-order valence-electron chi connectivity index (χ1n) is 8.22. The molecule has 2 aliphatic rings. The zero-order chi connectivity index (χ0) is 15.2. The summed E-state index contributed by atoms with van der Waals surface area (Å²) in [4.78, 5) is 28.2. The van der Waals surface area contributed by atoms with Crippen molar-refractivity contribution in [3.05, 3.63) is 0 Å². The normalized spacial score (nSPS) is 23.6. The molecule has 21 heavy (non-hydrogen) atoms. The molecule has 120 valence electrons. The summed E-state index contributed by atoms with van der Waals surface area (Å²) >= 11 is 0. The Morgan fingerprint density at radius 3 is 2.38 bits per heavy atom. The molecule has 0 N–H and O–H groups in total. The Morgan fingerprint density at radius 2 is 1.76 bits per heavy atom. The van der Waals surface area contributed by atoms with Crippen LogP contribution in [0.3, 0.4) is 0 Å². The van der Waals surface area contributed by atoms with E-state index in [-0.39, 0.29) is 18.4 Å². The summed E-state index contributed by atoms with van der Waals surface area (Å²) in [5.41, 5.74) is 0. The molecule has 0 radical (unpaired) electrons. The Morgan fingerprint density at radius 1 is 1.10 bits per heavy atom. The molecule has 2 fully saturated rings. The molecule has 2 rings (SSSR count). The van der Waals surface area contributed by atoms with Crippen LogP contribution < -0.4 is 0 Å². The quantitative estimate of drug-likeness (QED) is 0.726. The van der Waals surface area contributed by atoms with Gasteiger partial charge in [0.25, 0.3) is 0 Å². The Hall–Kier alpha value is -1.10. The second-order valence-corrected chi connectivity index (χ2v) is 6.35. The van der Waals surface area contributed by atoms with Gasteiger partial charge in [0.1, 0.15) is 0 Å². The third-order valence-corrected chi connectivity index (χ3v) is 4.86. The van der Waals surface area contributed by atoms with E-state index in [4.69, 9.17) is 4.74 Å². The number of esters is 1. The maximum Gasteiger partial charge on any atom is 0.319 e. The average Bonchev–Trinajstić information content (AvgIpc) is 3.01. The molecule has 1 atom stereocenters. The molecule has 1 aliphatic heterocycles. The number of methoxy groups -OCH3 is 1. The highest BCUT2D eigenvalue weighted by Gasteiger charge is 2.30. The highest BCUT2D eigenvalue weighted by atomic mass is 16.5. The zero-order valence-corrected chi connectivity index (χ0v) is 13.3. The fraction of sp³-hybridized carbons (Fsp3) is 0.875. The van der Waals surface area contributed by atoms with Gasteiger partial charge in [0.05, 0.1) is 20.2 Å². The van der Waals surface area contributed by atoms with Crippen LogP contribution in [-0.2, 0) is 14.3 Å². The van der Waals surface area contributed by atoms with E-state index in [2.05, 4.69) is 6.92 Å². The molecule has 0 aromatic heterocycles. The van der Waals surface area contributed by atoms with E-state index in [0.29, 0.717) is 18.6 Å². The summed E-state index contributed by atoms with van der Waals surface area (Å²) in [5.74, 6) is -0.0839. The topological polar surface area (TPSA) is 49.9 Å². The van der Waals surface area contributed by atoms with E-state index in [1.807, 2.05) is 9.80 Å². The van der Waals surface area contributed by atoms with E-state index in [1.54, 1.807) is 0 Å².